The van der Waals surface area contributed by atoms with E-state index in [2.05, 4.69) is 20.8 Å². The second kappa shape index (κ2) is 39.5. The zero-order valence-corrected chi connectivity index (χ0v) is 25.9. The van der Waals surface area contributed by atoms with E-state index >= 15 is 0 Å². The molecule has 0 radical (unpaired) electrons. The Kier molecular flexibility index (Phi) is 46.1. The fraction of sp³-hybridized carbons (Fsp3) is 0.900. The molecule has 0 heterocycles. The fourth-order valence-corrected chi connectivity index (χ4v) is 3.68. The summed E-state index contributed by atoms with van der Waals surface area (Å²) in [6, 6.07) is 0. The molecule has 0 unspecified atom stereocenters. The average Bonchev–Trinajstić information content (AvgIpc) is 2.83. The van der Waals surface area contributed by atoms with Gasteiger partial charge in [-0.3, -0.25) is 0 Å². The summed E-state index contributed by atoms with van der Waals surface area (Å²) < 4.78 is 0. The van der Waals surface area contributed by atoms with E-state index < -0.39 is 17.9 Å². The first-order chi connectivity index (χ1) is 17.3. The molecule has 37 heavy (non-hydrogen) atoms. The predicted molar refractivity (Wildman–Crippen MR) is 143 cm³/mol. The van der Waals surface area contributed by atoms with Crippen molar-refractivity contribution in [2.75, 3.05) is 0 Å². The smallest absolute Gasteiger partial charge is 0.550 e. The van der Waals surface area contributed by atoms with E-state index in [1.54, 1.807) is 0 Å². The molecule has 222 valence electrons. The second-order valence-corrected chi connectivity index (χ2v) is 9.73. The second-order valence-electron chi connectivity index (χ2n) is 9.73. The van der Waals surface area contributed by atoms with Crippen LogP contribution in [0.25, 0.3) is 0 Å². The SMILES string of the molecule is CCCCCCCCCC(=O)[O-].CCCCCCCCCC(=O)[O-].CCCCCCCCCC(=O)[O-].[Rh+3]. The van der Waals surface area contributed by atoms with Gasteiger partial charge in [-0.15, -0.1) is 0 Å². The summed E-state index contributed by atoms with van der Waals surface area (Å²) >= 11 is 0. The zero-order chi connectivity index (χ0) is 27.7. The van der Waals surface area contributed by atoms with E-state index in [-0.39, 0.29) is 38.7 Å². The van der Waals surface area contributed by atoms with E-state index in [1.165, 1.54) is 96.3 Å². The molecule has 0 rings (SSSR count). The van der Waals surface area contributed by atoms with Crippen molar-refractivity contribution >= 4 is 17.9 Å². The Morgan fingerprint density at radius 2 is 0.514 bits per heavy atom. The average molecular weight is 617 g/mol. The molecular weight excluding hydrogens is 559 g/mol. The van der Waals surface area contributed by atoms with E-state index in [4.69, 9.17) is 0 Å². The molecule has 0 aliphatic heterocycles. The fourth-order valence-electron chi connectivity index (χ4n) is 3.68. The van der Waals surface area contributed by atoms with Crippen LogP contribution in [0.1, 0.15) is 175 Å². The first-order valence-corrected chi connectivity index (χ1v) is 14.9. The third kappa shape index (κ3) is 56.4. The number of carboxylic acid groups (broad SMARTS) is 3. The molecule has 0 bridgehead atoms. The number of rotatable bonds is 24. The molecule has 0 amide bonds. The van der Waals surface area contributed by atoms with Gasteiger partial charge in [-0.05, 0) is 38.5 Å². The maximum Gasteiger partial charge on any atom is 3.00 e. The summed E-state index contributed by atoms with van der Waals surface area (Å²) in [5, 5.41) is 30.1. The van der Waals surface area contributed by atoms with Crippen molar-refractivity contribution in [2.45, 2.75) is 175 Å². The standard InChI is InChI=1S/3C10H20O2.Rh/c3*1-2-3-4-5-6-7-8-9-10(11)12;/h3*2-9H2,1H3,(H,11,12);/q;;;+3/p-3. The molecule has 7 heteroatoms. The molecule has 0 N–H and O–H groups in total. The zero-order valence-electron chi connectivity index (χ0n) is 24.3. The monoisotopic (exact) mass is 616 g/mol. The number of unbranched alkanes of at least 4 members (excludes halogenated alkanes) is 18. The molecule has 0 aliphatic rings. The van der Waals surface area contributed by atoms with Crippen LogP contribution in [0.5, 0.6) is 0 Å². The molecule has 0 aromatic carbocycles. The summed E-state index contributed by atoms with van der Waals surface area (Å²) in [7, 11) is 0. The number of carbonyl (C=O) groups is 3. The molecule has 0 aromatic rings. The van der Waals surface area contributed by atoms with Crippen LogP contribution >= 0.6 is 0 Å². The first-order valence-electron chi connectivity index (χ1n) is 14.9. The Hall–Kier alpha value is -0.967. The van der Waals surface area contributed by atoms with Crippen molar-refractivity contribution in [1.82, 2.24) is 0 Å². The predicted octanol–water partition coefficient (Wildman–Crippen LogP) is 5.63. The number of carbonyl (C=O) groups excluding carboxylic acids is 3. The Balaban J connectivity index is -0.000000218. The largest absolute Gasteiger partial charge is 3.00 e. The van der Waals surface area contributed by atoms with Gasteiger partial charge >= 0.3 is 19.5 Å². The van der Waals surface area contributed by atoms with Gasteiger partial charge in [0.1, 0.15) is 0 Å². The molecule has 0 saturated carbocycles. The van der Waals surface area contributed by atoms with Crippen LogP contribution in [0.3, 0.4) is 0 Å². The van der Waals surface area contributed by atoms with Crippen LogP contribution in [0.2, 0.25) is 0 Å². The molecule has 0 fully saturated rings. The Morgan fingerprint density at radius 3 is 0.676 bits per heavy atom. The summed E-state index contributed by atoms with van der Waals surface area (Å²) in [6.45, 7) is 6.57. The number of carboxylic acids is 3. The summed E-state index contributed by atoms with van der Waals surface area (Å²) in [4.78, 5) is 30.1. The van der Waals surface area contributed by atoms with Crippen molar-refractivity contribution in [3.05, 3.63) is 0 Å². The van der Waals surface area contributed by atoms with E-state index in [0.29, 0.717) is 0 Å². The summed E-state index contributed by atoms with van der Waals surface area (Å²) in [5.74, 6) is -2.74. The van der Waals surface area contributed by atoms with Crippen molar-refractivity contribution in [3.8, 4) is 0 Å². The minimum atomic E-state index is -0.913. The van der Waals surface area contributed by atoms with E-state index in [1.807, 2.05) is 0 Å². The van der Waals surface area contributed by atoms with Crippen molar-refractivity contribution < 1.29 is 49.2 Å². The summed E-state index contributed by atoms with van der Waals surface area (Å²) in [6.07, 6.45) is 25.0. The first kappa shape index (κ1) is 43.1. The van der Waals surface area contributed by atoms with Gasteiger partial charge in [0.2, 0.25) is 0 Å². The van der Waals surface area contributed by atoms with Crippen LogP contribution in [-0.4, -0.2) is 17.9 Å². The quantitative estimate of drug-likeness (QED) is 0.102. The van der Waals surface area contributed by atoms with Crippen LogP contribution in [0.4, 0.5) is 0 Å². The molecule has 6 nitrogen and oxygen atoms in total. The minimum Gasteiger partial charge on any atom is -0.550 e. The van der Waals surface area contributed by atoms with Gasteiger partial charge in [-0.2, -0.15) is 0 Å². The molecule has 0 saturated heterocycles. The normalized spacial score (nSPS) is 9.81. The number of hydrogen-bond donors (Lipinski definition) is 0. The van der Waals surface area contributed by atoms with Crippen LogP contribution in [0, 0.1) is 0 Å². The number of aliphatic carboxylic acids is 3. The van der Waals surface area contributed by atoms with Gasteiger partial charge in [0, 0.05) is 17.9 Å². The number of hydrogen-bond acceptors (Lipinski definition) is 6. The Morgan fingerprint density at radius 1 is 0.351 bits per heavy atom. The molecule has 0 aliphatic carbocycles. The van der Waals surface area contributed by atoms with Crippen molar-refractivity contribution in [2.24, 2.45) is 0 Å². The van der Waals surface area contributed by atoms with E-state index in [0.717, 1.165) is 38.5 Å². The molecule has 0 atom stereocenters. The van der Waals surface area contributed by atoms with Crippen molar-refractivity contribution in [1.29, 1.82) is 0 Å². The maximum absolute atomic E-state index is 10.0. The van der Waals surface area contributed by atoms with Crippen LogP contribution in [-0.2, 0) is 33.9 Å². The molecule has 0 spiro atoms. The molecular formula is C30H57O6Rh. The van der Waals surface area contributed by atoms with Gasteiger partial charge < -0.3 is 29.7 Å². The topological polar surface area (TPSA) is 120 Å². The Bertz CT molecular complexity index is 404. The van der Waals surface area contributed by atoms with Crippen LogP contribution in [0.15, 0.2) is 0 Å². The van der Waals surface area contributed by atoms with Gasteiger partial charge in [0.25, 0.3) is 0 Å². The van der Waals surface area contributed by atoms with Gasteiger partial charge in [0.05, 0.1) is 0 Å². The molecule has 0 aromatic heterocycles. The van der Waals surface area contributed by atoms with Crippen LogP contribution < -0.4 is 15.3 Å². The minimum absolute atomic E-state index is 0. The third-order valence-corrected chi connectivity index (χ3v) is 5.95. The van der Waals surface area contributed by atoms with Gasteiger partial charge in [-0.25, -0.2) is 0 Å². The Labute approximate surface area is 241 Å². The summed E-state index contributed by atoms with van der Waals surface area (Å²) in [5.41, 5.74) is 0. The van der Waals surface area contributed by atoms with Gasteiger partial charge in [-0.1, -0.05) is 136 Å². The maximum atomic E-state index is 10.0. The van der Waals surface area contributed by atoms with Crippen molar-refractivity contribution in [3.63, 3.8) is 0 Å². The van der Waals surface area contributed by atoms with E-state index in [9.17, 15) is 29.7 Å². The van der Waals surface area contributed by atoms with Gasteiger partial charge in [0.15, 0.2) is 0 Å². The third-order valence-electron chi connectivity index (χ3n) is 5.95.